The van der Waals surface area contributed by atoms with Gasteiger partial charge in [-0.1, -0.05) is 39.2 Å². The van der Waals surface area contributed by atoms with Gasteiger partial charge in [-0.05, 0) is 31.4 Å². The van der Waals surface area contributed by atoms with Crippen LogP contribution in [0, 0.1) is 5.92 Å². The smallest absolute Gasteiger partial charge is 0.132 e. The van der Waals surface area contributed by atoms with Crippen molar-refractivity contribution in [2.24, 2.45) is 5.92 Å². The van der Waals surface area contributed by atoms with E-state index in [1.165, 1.54) is 37.7 Å². The minimum atomic E-state index is 0.669. The molecule has 1 aromatic rings. The van der Waals surface area contributed by atoms with Crippen molar-refractivity contribution in [3.8, 4) is 0 Å². The number of anilines is 1. The maximum atomic E-state index is 4.64. The van der Waals surface area contributed by atoms with Crippen molar-refractivity contribution < 1.29 is 0 Å². The molecule has 0 saturated heterocycles. The lowest BCUT2D eigenvalue weighted by Gasteiger charge is -2.33. The van der Waals surface area contributed by atoms with Crippen LogP contribution in [0.5, 0.6) is 0 Å². The van der Waals surface area contributed by atoms with Crippen molar-refractivity contribution >= 4 is 5.82 Å². The van der Waals surface area contributed by atoms with E-state index < -0.39 is 0 Å². The Balaban J connectivity index is 2.02. The van der Waals surface area contributed by atoms with Gasteiger partial charge in [0.15, 0.2) is 0 Å². The van der Waals surface area contributed by atoms with Gasteiger partial charge in [-0.3, -0.25) is 0 Å². The molecular weight excluding hydrogens is 246 g/mol. The van der Waals surface area contributed by atoms with Gasteiger partial charge in [0.2, 0.25) is 0 Å². The summed E-state index contributed by atoms with van der Waals surface area (Å²) in [6, 6.07) is 4.92. The monoisotopic (exact) mass is 275 g/mol. The summed E-state index contributed by atoms with van der Waals surface area (Å²) in [6.07, 6.45) is 8.67. The molecule has 1 aliphatic rings. The largest absolute Gasteiger partial charge is 0.356 e. The Labute approximate surface area is 123 Å². The standard InChI is InChI=1S/C17H29N3/c1-14(2)12-18-13-15-8-7-11-19-17(15)20(3)16-9-5-4-6-10-16/h7-8,11,14,16,18H,4-6,9-10,12-13H2,1-3H3. The molecule has 0 amide bonds. The molecule has 20 heavy (non-hydrogen) atoms. The quantitative estimate of drug-likeness (QED) is 0.860. The number of pyridine rings is 1. The topological polar surface area (TPSA) is 28.2 Å². The van der Waals surface area contributed by atoms with Crippen molar-refractivity contribution in [1.82, 2.24) is 10.3 Å². The lowest BCUT2D eigenvalue weighted by molar-refractivity contribution is 0.425. The number of nitrogens with one attached hydrogen (secondary N) is 1. The first-order chi connectivity index (χ1) is 9.68. The first kappa shape index (κ1) is 15.3. The molecule has 0 unspecified atom stereocenters. The molecule has 2 rings (SSSR count). The first-order valence-corrected chi connectivity index (χ1v) is 8.06. The third kappa shape index (κ3) is 4.20. The van der Waals surface area contributed by atoms with E-state index in [1.807, 2.05) is 12.3 Å². The third-order valence-electron chi connectivity index (χ3n) is 4.19. The number of hydrogen-bond acceptors (Lipinski definition) is 3. The Morgan fingerprint density at radius 2 is 2.05 bits per heavy atom. The Kier molecular flexibility index (Phi) is 5.84. The molecule has 3 heteroatoms. The van der Waals surface area contributed by atoms with Gasteiger partial charge >= 0.3 is 0 Å². The Hall–Kier alpha value is -1.09. The van der Waals surface area contributed by atoms with E-state index in [9.17, 15) is 0 Å². The van der Waals surface area contributed by atoms with Gasteiger partial charge in [0, 0.05) is 31.4 Å². The van der Waals surface area contributed by atoms with Gasteiger partial charge in [0.05, 0.1) is 0 Å². The number of nitrogens with zero attached hydrogens (tertiary/aromatic N) is 2. The highest BCUT2D eigenvalue weighted by molar-refractivity contribution is 5.47. The van der Waals surface area contributed by atoms with Crippen LogP contribution in [0.2, 0.25) is 0 Å². The molecular formula is C17H29N3. The lowest BCUT2D eigenvalue weighted by Crippen LogP contribution is -2.35. The molecule has 0 atom stereocenters. The van der Waals surface area contributed by atoms with Crippen LogP contribution in [-0.4, -0.2) is 24.6 Å². The average molecular weight is 275 g/mol. The predicted octanol–water partition coefficient (Wildman–Crippen LogP) is 3.60. The van der Waals surface area contributed by atoms with Crippen LogP contribution in [0.4, 0.5) is 5.82 Å². The van der Waals surface area contributed by atoms with Crippen LogP contribution >= 0.6 is 0 Å². The summed E-state index contributed by atoms with van der Waals surface area (Å²) in [4.78, 5) is 7.05. The van der Waals surface area contributed by atoms with E-state index in [1.54, 1.807) is 0 Å². The van der Waals surface area contributed by atoms with Gasteiger partial charge in [0.25, 0.3) is 0 Å². The summed E-state index contributed by atoms with van der Waals surface area (Å²) in [5, 5.41) is 3.53. The fourth-order valence-electron chi connectivity index (χ4n) is 3.02. The second-order valence-electron chi connectivity index (χ2n) is 6.41. The van der Waals surface area contributed by atoms with E-state index in [-0.39, 0.29) is 0 Å². The van der Waals surface area contributed by atoms with E-state index in [0.717, 1.165) is 18.9 Å². The molecule has 1 saturated carbocycles. The zero-order valence-corrected chi connectivity index (χ0v) is 13.2. The number of rotatable bonds is 6. The van der Waals surface area contributed by atoms with Crippen molar-refractivity contribution in [2.75, 3.05) is 18.5 Å². The number of hydrogen-bond donors (Lipinski definition) is 1. The normalized spacial score (nSPS) is 16.6. The van der Waals surface area contributed by atoms with Crippen LogP contribution in [0.1, 0.15) is 51.5 Å². The average Bonchev–Trinajstić information content (AvgIpc) is 2.47. The van der Waals surface area contributed by atoms with Crippen molar-refractivity contribution in [2.45, 2.75) is 58.5 Å². The highest BCUT2D eigenvalue weighted by Crippen LogP contribution is 2.26. The van der Waals surface area contributed by atoms with E-state index in [0.29, 0.717) is 12.0 Å². The fraction of sp³-hybridized carbons (Fsp3) is 0.706. The maximum absolute atomic E-state index is 4.64. The van der Waals surface area contributed by atoms with Crippen molar-refractivity contribution in [1.29, 1.82) is 0 Å². The van der Waals surface area contributed by atoms with Crippen LogP contribution in [0.25, 0.3) is 0 Å². The van der Waals surface area contributed by atoms with Crippen molar-refractivity contribution in [3.05, 3.63) is 23.9 Å². The van der Waals surface area contributed by atoms with Gasteiger partial charge in [-0.2, -0.15) is 0 Å². The van der Waals surface area contributed by atoms with Crippen LogP contribution in [0.15, 0.2) is 18.3 Å². The van der Waals surface area contributed by atoms with Crippen LogP contribution in [-0.2, 0) is 6.54 Å². The third-order valence-corrected chi connectivity index (χ3v) is 4.19. The predicted molar refractivity (Wildman–Crippen MR) is 86.1 cm³/mol. The summed E-state index contributed by atoms with van der Waals surface area (Å²) < 4.78 is 0. The molecule has 3 nitrogen and oxygen atoms in total. The molecule has 112 valence electrons. The summed E-state index contributed by atoms with van der Waals surface area (Å²) in [6.45, 7) is 6.45. The van der Waals surface area contributed by atoms with Crippen LogP contribution < -0.4 is 10.2 Å². The van der Waals surface area contributed by atoms with Crippen molar-refractivity contribution in [3.63, 3.8) is 0 Å². The highest BCUT2D eigenvalue weighted by atomic mass is 15.2. The molecule has 1 N–H and O–H groups in total. The Morgan fingerprint density at radius 1 is 1.30 bits per heavy atom. The van der Waals surface area contributed by atoms with Gasteiger partial charge in [0.1, 0.15) is 5.82 Å². The summed E-state index contributed by atoms with van der Waals surface area (Å²) in [5.41, 5.74) is 1.32. The van der Waals surface area contributed by atoms with Crippen LogP contribution in [0.3, 0.4) is 0 Å². The molecule has 0 aliphatic heterocycles. The van der Waals surface area contributed by atoms with Gasteiger partial charge < -0.3 is 10.2 Å². The molecule has 0 spiro atoms. The van der Waals surface area contributed by atoms with E-state index >= 15 is 0 Å². The van der Waals surface area contributed by atoms with E-state index in [2.05, 4.69) is 42.2 Å². The zero-order valence-electron chi connectivity index (χ0n) is 13.2. The summed E-state index contributed by atoms with van der Waals surface area (Å²) in [7, 11) is 2.21. The second kappa shape index (κ2) is 7.63. The van der Waals surface area contributed by atoms with Gasteiger partial charge in [-0.25, -0.2) is 4.98 Å². The molecule has 1 aromatic heterocycles. The first-order valence-electron chi connectivity index (χ1n) is 8.06. The molecule has 0 radical (unpaired) electrons. The molecule has 0 aromatic carbocycles. The lowest BCUT2D eigenvalue weighted by atomic mass is 9.94. The Morgan fingerprint density at radius 3 is 2.75 bits per heavy atom. The summed E-state index contributed by atoms with van der Waals surface area (Å²) >= 11 is 0. The minimum absolute atomic E-state index is 0.669. The molecule has 0 bridgehead atoms. The fourth-order valence-corrected chi connectivity index (χ4v) is 3.02. The van der Waals surface area contributed by atoms with E-state index in [4.69, 9.17) is 0 Å². The second-order valence-corrected chi connectivity index (χ2v) is 6.41. The Bertz CT molecular complexity index is 397. The molecule has 1 aliphatic carbocycles. The number of aromatic nitrogens is 1. The zero-order chi connectivity index (χ0) is 14.4. The highest BCUT2D eigenvalue weighted by Gasteiger charge is 2.20. The van der Waals surface area contributed by atoms with Gasteiger partial charge in [-0.15, -0.1) is 0 Å². The molecule has 1 heterocycles. The maximum Gasteiger partial charge on any atom is 0.132 e. The summed E-state index contributed by atoms with van der Waals surface area (Å²) in [5.74, 6) is 1.85. The molecule has 1 fully saturated rings. The minimum Gasteiger partial charge on any atom is -0.356 e. The SMILES string of the molecule is CC(C)CNCc1cccnc1N(C)C1CCCCC1.